The average molecular weight is 359 g/mol. The molecule has 4 heteroatoms. The van der Waals surface area contributed by atoms with Gasteiger partial charge >= 0.3 is 0 Å². The molecule has 0 aromatic heterocycles. The fraction of sp³-hybridized carbons (Fsp3) is 0.682. The maximum absolute atomic E-state index is 12.4. The van der Waals surface area contributed by atoms with Gasteiger partial charge in [0.1, 0.15) is 5.75 Å². The van der Waals surface area contributed by atoms with Gasteiger partial charge in [0.2, 0.25) is 5.91 Å². The molecule has 1 aromatic carbocycles. The van der Waals surface area contributed by atoms with E-state index in [-0.39, 0.29) is 11.9 Å². The van der Waals surface area contributed by atoms with Crippen LogP contribution in [0.15, 0.2) is 24.3 Å². The molecule has 0 radical (unpaired) electrons. The molecule has 1 aliphatic carbocycles. The largest absolute Gasteiger partial charge is 0.497 e. The van der Waals surface area contributed by atoms with E-state index >= 15 is 0 Å². The third-order valence-corrected chi connectivity index (χ3v) is 6.08. The Balaban J connectivity index is 1.52. The maximum atomic E-state index is 12.4. The van der Waals surface area contributed by atoms with Crippen molar-refractivity contribution in [2.24, 2.45) is 5.92 Å². The Labute approximate surface area is 158 Å². The predicted molar refractivity (Wildman–Crippen MR) is 105 cm³/mol. The number of nitrogens with one attached hydrogen (secondary N) is 1. The summed E-state index contributed by atoms with van der Waals surface area (Å²) in [6, 6.07) is 8.57. The van der Waals surface area contributed by atoms with Crippen LogP contribution in [0.4, 0.5) is 0 Å². The summed E-state index contributed by atoms with van der Waals surface area (Å²) in [4.78, 5) is 14.9. The van der Waals surface area contributed by atoms with Crippen molar-refractivity contribution in [2.45, 2.75) is 63.8 Å². The zero-order valence-corrected chi connectivity index (χ0v) is 16.2. The number of hydrogen-bond acceptors (Lipinski definition) is 3. The average Bonchev–Trinajstić information content (AvgIpc) is 3.22. The summed E-state index contributed by atoms with van der Waals surface area (Å²) in [5.74, 6) is 1.86. The van der Waals surface area contributed by atoms with Crippen LogP contribution in [0, 0.1) is 5.92 Å². The molecular weight excluding hydrogens is 324 g/mol. The van der Waals surface area contributed by atoms with Crippen molar-refractivity contribution < 1.29 is 9.53 Å². The smallest absolute Gasteiger partial charge is 0.220 e. The summed E-state index contributed by atoms with van der Waals surface area (Å²) in [7, 11) is 1.69. The summed E-state index contributed by atoms with van der Waals surface area (Å²) >= 11 is 0. The Hall–Kier alpha value is -1.55. The van der Waals surface area contributed by atoms with Crippen LogP contribution in [0.2, 0.25) is 0 Å². The normalized spacial score (nSPS) is 20.0. The summed E-state index contributed by atoms with van der Waals surface area (Å²) in [6.45, 7) is 2.94. The van der Waals surface area contributed by atoms with Gasteiger partial charge in [-0.15, -0.1) is 0 Å². The van der Waals surface area contributed by atoms with Crippen LogP contribution in [0.1, 0.15) is 69.4 Å². The first kappa shape index (κ1) is 19.2. The molecule has 4 nitrogen and oxygen atoms in total. The number of ether oxygens (including phenoxy) is 1. The molecular formula is C22H34N2O2. The van der Waals surface area contributed by atoms with Crippen molar-refractivity contribution in [1.29, 1.82) is 0 Å². The van der Waals surface area contributed by atoms with E-state index in [2.05, 4.69) is 22.3 Å². The number of benzene rings is 1. The van der Waals surface area contributed by atoms with Gasteiger partial charge < -0.3 is 10.1 Å². The quantitative estimate of drug-likeness (QED) is 0.753. The SMILES string of the molecule is COc1ccc(C(CNC(=O)CCC2CCCCC2)N2CCCC2)cc1. The second kappa shape index (κ2) is 9.96. The van der Waals surface area contributed by atoms with Crippen LogP contribution in [0.5, 0.6) is 5.75 Å². The number of methoxy groups -OCH3 is 1. The Morgan fingerprint density at radius 3 is 2.46 bits per heavy atom. The van der Waals surface area contributed by atoms with Gasteiger partial charge in [-0.3, -0.25) is 9.69 Å². The van der Waals surface area contributed by atoms with Crippen LogP contribution in [0.25, 0.3) is 0 Å². The first-order valence-corrected chi connectivity index (χ1v) is 10.4. The minimum atomic E-state index is 0.216. The number of rotatable bonds is 8. The van der Waals surface area contributed by atoms with Crippen molar-refractivity contribution in [3.8, 4) is 5.75 Å². The summed E-state index contributed by atoms with van der Waals surface area (Å²) in [5, 5.41) is 3.21. The van der Waals surface area contributed by atoms with Gasteiger partial charge in [-0.2, -0.15) is 0 Å². The fourth-order valence-electron chi connectivity index (χ4n) is 4.45. The molecule has 1 N–H and O–H groups in total. The monoisotopic (exact) mass is 358 g/mol. The topological polar surface area (TPSA) is 41.6 Å². The molecule has 26 heavy (non-hydrogen) atoms. The standard InChI is InChI=1S/C22H34N2O2/c1-26-20-12-10-19(11-13-20)21(24-15-5-6-16-24)17-23-22(25)14-9-18-7-3-2-4-8-18/h10-13,18,21H,2-9,14-17H2,1H3,(H,23,25). The lowest BCUT2D eigenvalue weighted by Crippen LogP contribution is -2.36. The van der Waals surface area contributed by atoms with Gasteiger partial charge in [0.05, 0.1) is 13.2 Å². The van der Waals surface area contributed by atoms with Crippen molar-refractivity contribution in [3.63, 3.8) is 0 Å². The van der Waals surface area contributed by atoms with Crippen molar-refractivity contribution >= 4 is 5.91 Å². The Kier molecular flexibility index (Phi) is 7.36. The minimum absolute atomic E-state index is 0.216. The van der Waals surface area contributed by atoms with Crippen LogP contribution >= 0.6 is 0 Å². The van der Waals surface area contributed by atoms with E-state index < -0.39 is 0 Å². The van der Waals surface area contributed by atoms with E-state index in [0.717, 1.165) is 31.2 Å². The molecule has 3 rings (SSSR count). The molecule has 144 valence electrons. The van der Waals surface area contributed by atoms with E-state index in [0.29, 0.717) is 13.0 Å². The van der Waals surface area contributed by atoms with Gasteiger partial charge in [0.25, 0.3) is 0 Å². The van der Waals surface area contributed by atoms with Gasteiger partial charge in [0.15, 0.2) is 0 Å². The van der Waals surface area contributed by atoms with E-state index in [4.69, 9.17) is 4.74 Å². The second-order valence-corrected chi connectivity index (χ2v) is 7.88. The lowest BCUT2D eigenvalue weighted by Gasteiger charge is -2.28. The molecule has 1 atom stereocenters. The van der Waals surface area contributed by atoms with E-state index in [1.165, 1.54) is 50.5 Å². The third kappa shape index (κ3) is 5.47. The Morgan fingerprint density at radius 2 is 1.81 bits per heavy atom. The number of likely N-dealkylation sites (tertiary alicyclic amines) is 1. The van der Waals surface area contributed by atoms with Gasteiger partial charge in [-0.25, -0.2) is 0 Å². The number of amides is 1. The summed E-state index contributed by atoms with van der Waals surface area (Å²) in [6.07, 6.45) is 10.9. The number of carbonyl (C=O) groups excluding carboxylic acids is 1. The zero-order valence-electron chi connectivity index (χ0n) is 16.2. The van der Waals surface area contributed by atoms with Gasteiger partial charge in [0, 0.05) is 13.0 Å². The molecule has 1 saturated carbocycles. The zero-order chi connectivity index (χ0) is 18.2. The molecule has 1 unspecified atom stereocenters. The highest BCUT2D eigenvalue weighted by Crippen LogP contribution is 2.28. The highest BCUT2D eigenvalue weighted by molar-refractivity contribution is 5.75. The molecule has 1 amide bonds. The first-order chi connectivity index (χ1) is 12.8. The van der Waals surface area contributed by atoms with Gasteiger partial charge in [-0.05, 0) is 56.0 Å². The first-order valence-electron chi connectivity index (χ1n) is 10.4. The molecule has 0 spiro atoms. The fourth-order valence-corrected chi connectivity index (χ4v) is 4.45. The number of carbonyl (C=O) groups is 1. The molecule has 1 aromatic rings. The lowest BCUT2D eigenvalue weighted by atomic mass is 9.86. The van der Waals surface area contributed by atoms with E-state index in [1.807, 2.05) is 12.1 Å². The van der Waals surface area contributed by atoms with Crippen LogP contribution in [0.3, 0.4) is 0 Å². The Morgan fingerprint density at radius 1 is 1.12 bits per heavy atom. The molecule has 0 bridgehead atoms. The van der Waals surface area contributed by atoms with Crippen LogP contribution < -0.4 is 10.1 Å². The molecule has 1 aliphatic heterocycles. The van der Waals surface area contributed by atoms with Crippen molar-refractivity contribution in [2.75, 3.05) is 26.7 Å². The predicted octanol–water partition coefficient (Wildman–Crippen LogP) is 4.31. The van der Waals surface area contributed by atoms with Crippen LogP contribution in [-0.4, -0.2) is 37.6 Å². The summed E-state index contributed by atoms with van der Waals surface area (Å²) in [5.41, 5.74) is 1.26. The molecule has 2 fully saturated rings. The van der Waals surface area contributed by atoms with Crippen LogP contribution in [-0.2, 0) is 4.79 Å². The maximum Gasteiger partial charge on any atom is 0.220 e. The number of hydrogen-bond donors (Lipinski definition) is 1. The van der Waals surface area contributed by atoms with E-state index in [9.17, 15) is 4.79 Å². The molecule has 1 saturated heterocycles. The second-order valence-electron chi connectivity index (χ2n) is 7.88. The Bertz CT molecular complexity index is 546. The molecule has 2 aliphatic rings. The number of nitrogens with zero attached hydrogens (tertiary/aromatic N) is 1. The van der Waals surface area contributed by atoms with E-state index in [1.54, 1.807) is 7.11 Å². The van der Waals surface area contributed by atoms with Crippen molar-refractivity contribution in [3.05, 3.63) is 29.8 Å². The van der Waals surface area contributed by atoms with Gasteiger partial charge in [-0.1, -0.05) is 44.2 Å². The lowest BCUT2D eigenvalue weighted by molar-refractivity contribution is -0.121. The van der Waals surface area contributed by atoms with Crippen molar-refractivity contribution in [1.82, 2.24) is 10.2 Å². The molecule has 1 heterocycles. The third-order valence-electron chi connectivity index (χ3n) is 6.08. The highest BCUT2D eigenvalue weighted by Gasteiger charge is 2.24. The minimum Gasteiger partial charge on any atom is -0.497 e. The summed E-state index contributed by atoms with van der Waals surface area (Å²) < 4.78 is 5.28. The highest BCUT2D eigenvalue weighted by atomic mass is 16.5.